The van der Waals surface area contributed by atoms with Crippen LogP contribution in [0.4, 0.5) is 0 Å². The highest BCUT2D eigenvalue weighted by atomic mass is 14.8. The van der Waals surface area contributed by atoms with E-state index in [4.69, 9.17) is 0 Å². The SMILES string of the molecule is CCNCCCC(c1ccccc1)c1ccccc1. The van der Waals surface area contributed by atoms with Crippen LogP contribution in [0.5, 0.6) is 0 Å². The van der Waals surface area contributed by atoms with Crippen LogP contribution in [0.15, 0.2) is 60.7 Å². The lowest BCUT2D eigenvalue weighted by Gasteiger charge is -2.18. The lowest BCUT2D eigenvalue weighted by atomic mass is 9.87. The predicted octanol–water partition coefficient (Wildman–Crippen LogP) is 4.21. The van der Waals surface area contributed by atoms with Crippen LogP contribution in [-0.4, -0.2) is 13.1 Å². The van der Waals surface area contributed by atoms with Gasteiger partial charge in [0, 0.05) is 5.92 Å². The molecule has 0 radical (unpaired) electrons. The summed E-state index contributed by atoms with van der Waals surface area (Å²) < 4.78 is 0. The Morgan fingerprint density at radius 2 is 1.37 bits per heavy atom. The minimum atomic E-state index is 0.515. The molecule has 0 bridgehead atoms. The summed E-state index contributed by atoms with van der Waals surface area (Å²) in [5.74, 6) is 0.515. The smallest absolute Gasteiger partial charge is 0.00898 e. The highest BCUT2D eigenvalue weighted by molar-refractivity contribution is 5.32. The molecular formula is C18H23N. The number of hydrogen-bond acceptors (Lipinski definition) is 1. The zero-order valence-corrected chi connectivity index (χ0v) is 11.7. The summed E-state index contributed by atoms with van der Waals surface area (Å²) in [6.07, 6.45) is 2.41. The van der Waals surface area contributed by atoms with Crippen molar-refractivity contribution in [3.63, 3.8) is 0 Å². The molecule has 100 valence electrons. The molecule has 0 unspecified atom stereocenters. The molecule has 1 nitrogen and oxygen atoms in total. The van der Waals surface area contributed by atoms with Crippen molar-refractivity contribution in [2.45, 2.75) is 25.7 Å². The molecule has 0 saturated carbocycles. The molecular weight excluding hydrogens is 230 g/mol. The maximum Gasteiger partial charge on any atom is 0.00898 e. The van der Waals surface area contributed by atoms with E-state index < -0.39 is 0 Å². The third kappa shape index (κ3) is 4.22. The standard InChI is InChI=1S/C18H23N/c1-2-19-15-9-14-18(16-10-5-3-6-11-16)17-12-7-4-8-13-17/h3-8,10-13,18-19H,2,9,14-15H2,1H3. The Balaban J connectivity index is 2.10. The van der Waals surface area contributed by atoms with Gasteiger partial charge in [0.15, 0.2) is 0 Å². The van der Waals surface area contributed by atoms with Gasteiger partial charge in [0.05, 0.1) is 0 Å². The first-order chi connectivity index (χ1) is 9.42. The van der Waals surface area contributed by atoms with E-state index in [9.17, 15) is 0 Å². The largest absolute Gasteiger partial charge is 0.317 e. The van der Waals surface area contributed by atoms with Crippen LogP contribution in [0, 0.1) is 0 Å². The summed E-state index contributed by atoms with van der Waals surface area (Å²) in [7, 11) is 0. The van der Waals surface area contributed by atoms with Gasteiger partial charge in [-0.25, -0.2) is 0 Å². The molecule has 0 aliphatic heterocycles. The fraction of sp³-hybridized carbons (Fsp3) is 0.333. The van der Waals surface area contributed by atoms with Gasteiger partial charge in [0.1, 0.15) is 0 Å². The van der Waals surface area contributed by atoms with E-state index in [0.717, 1.165) is 13.1 Å². The monoisotopic (exact) mass is 253 g/mol. The van der Waals surface area contributed by atoms with Crippen molar-refractivity contribution in [3.05, 3.63) is 71.8 Å². The molecule has 1 heteroatoms. The zero-order valence-electron chi connectivity index (χ0n) is 11.7. The van der Waals surface area contributed by atoms with Crippen LogP contribution in [0.3, 0.4) is 0 Å². The third-order valence-electron chi connectivity index (χ3n) is 3.50. The summed E-state index contributed by atoms with van der Waals surface area (Å²) in [4.78, 5) is 0. The number of hydrogen-bond donors (Lipinski definition) is 1. The first-order valence-corrected chi connectivity index (χ1v) is 7.22. The van der Waals surface area contributed by atoms with Crippen molar-refractivity contribution in [1.29, 1.82) is 0 Å². The molecule has 0 aromatic heterocycles. The Morgan fingerprint density at radius 3 is 1.84 bits per heavy atom. The molecule has 0 aliphatic rings. The average molecular weight is 253 g/mol. The van der Waals surface area contributed by atoms with Crippen molar-refractivity contribution in [3.8, 4) is 0 Å². The van der Waals surface area contributed by atoms with Crippen molar-refractivity contribution in [2.24, 2.45) is 0 Å². The van der Waals surface area contributed by atoms with E-state index in [0.29, 0.717) is 5.92 Å². The first-order valence-electron chi connectivity index (χ1n) is 7.22. The Labute approximate surface area is 116 Å². The van der Waals surface area contributed by atoms with Crippen LogP contribution in [0.1, 0.15) is 36.8 Å². The second kappa shape index (κ2) is 7.75. The quantitative estimate of drug-likeness (QED) is 0.729. The summed E-state index contributed by atoms with van der Waals surface area (Å²) in [6.45, 7) is 4.32. The zero-order chi connectivity index (χ0) is 13.3. The van der Waals surface area contributed by atoms with Gasteiger partial charge in [-0.2, -0.15) is 0 Å². The lowest BCUT2D eigenvalue weighted by molar-refractivity contribution is 0.606. The summed E-state index contributed by atoms with van der Waals surface area (Å²) in [6, 6.07) is 21.7. The number of rotatable bonds is 7. The van der Waals surface area contributed by atoms with Gasteiger partial charge in [-0.05, 0) is 37.1 Å². The number of benzene rings is 2. The molecule has 2 rings (SSSR count). The normalized spacial score (nSPS) is 10.8. The molecule has 19 heavy (non-hydrogen) atoms. The molecule has 0 fully saturated rings. The predicted molar refractivity (Wildman–Crippen MR) is 82.5 cm³/mol. The fourth-order valence-electron chi connectivity index (χ4n) is 2.50. The fourth-order valence-corrected chi connectivity index (χ4v) is 2.50. The molecule has 0 saturated heterocycles. The van der Waals surface area contributed by atoms with Gasteiger partial charge in [-0.3, -0.25) is 0 Å². The molecule has 0 amide bonds. The van der Waals surface area contributed by atoms with Crippen LogP contribution < -0.4 is 5.32 Å². The Bertz CT molecular complexity index is 410. The van der Waals surface area contributed by atoms with Crippen molar-refractivity contribution in [2.75, 3.05) is 13.1 Å². The van der Waals surface area contributed by atoms with Gasteiger partial charge in [-0.1, -0.05) is 67.6 Å². The van der Waals surface area contributed by atoms with Gasteiger partial charge in [-0.15, -0.1) is 0 Å². The Morgan fingerprint density at radius 1 is 0.842 bits per heavy atom. The average Bonchev–Trinajstić information content (AvgIpc) is 2.49. The van der Waals surface area contributed by atoms with Crippen molar-refractivity contribution >= 4 is 0 Å². The van der Waals surface area contributed by atoms with Crippen LogP contribution in [0.25, 0.3) is 0 Å². The lowest BCUT2D eigenvalue weighted by Crippen LogP contribution is -2.15. The topological polar surface area (TPSA) is 12.0 Å². The number of nitrogens with one attached hydrogen (secondary N) is 1. The Kier molecular flexibility index (Phi) is 5.64. The van der Waals surface area contributed by atoms with Crippen molar-refractivity contribution < 1.29 is 0 Å². The van der Waals surface area contributed by atoms with Crippen LogP contribution >= 0.6 is 0 Å². The molecule has 0 spiro atoms. The molecule has 2 aromatic carbocycles. The van der Waals surface area contributed by atoms with Crippen molar-refractivity contribution in [1.82, 2.24) is 5.32 Å². The third-order valence-corrected chi connectivity index (χ3v) is 3.50. The summed E-state index contributed by atoms with van der Waals surface area (Å²) >= 11 is 0. The maximum atomic E-state index is 3.41. The Hall–Kier alpha value is -1.60. The second-order valence-corrected chi connectivity index (χ2v) is 4.87. The van der Waals surface area contributed by atoms with E-state index >= 15 is 0 Å². The van der Waals surface area contributed by atoms with Crippen LogP contribution in [-0.2, 0) is 0 Å². The van der Waals surface area contributed by atoms with Gasteiger partial charge >= 0.3 is 0 Å². The summed E-state index contributed by atoms with van der Waals surface area (Å²) in [5.41, 5.74) is 2.84. The molecule has 0 heterocycles. The van der Waals surface area contributed by atoms with E-state index in [1.807, 2.05) is 0 Å². The first kappa shape index (κ1) is 13.8. The summed E-state index contributed by atoms with van der Waals surface area (Å²) in [5, 5.41) is 3.41. The maximum absolute atomic E-state index is 3.41. The van der Waals surface area contributed by atoms with Gasteiger partial charge in [0.25, 0.3) is 0 Å². The van der Waals surface area contributed by atoms with Gasteiger partial charge in [0.2, 0.25) is 0 Å². The van der Waals surface area contributed by atoms with E-state index in [1.165, 1.54) is 24.0 Å². The highest BCUT2D eigenvalue weighted by Crippen LogP contribution is 2.28. The second-order valence-electron chi connectivity index (χ2n) is 4.87. The highest BCUT2D eigenvalue weighted by Gasteiger charge is 2.12. The minimum absolute atomic E-state index is 0.515. The molecule has 1 N–H and O–H groups in total. The van der Waals surface area contributed by atoms with E-state index in [-0.39, 0.29) is 0 Å². The molecule has 0 aliphatic carbocycles. The van der Waals surface area contributed by atoms with Crippen LogP contribution in [0.2, 0.25) is 0 Å². The van der Waals surface area contributed by atoms with E-state index in [2.05, 4.69) is 72.9 Å². The van der Waals surface area contributed by atoms with Gasteiger partial charge < -0.3 is 5.32 Å². The molecule has 2 aromatic rings. The minimum Gasteiger partial charge on any atom is -0.317 e. The van der Waals surface area contributed by atoms with E-state index in [1.54, 1.807) is 0 Å². The molecule has 0 atom stereocenters.